The Kier molecular flexibility index (Phi) is 4.10. The lowest BCUT2D eigenvalue weighted by atomic mass is 10.1. The van der Waals surface area contributed by atoms with E-state index in [9.17, 15) is 9.59 Å². The highest BCUT2D eigenvalue weighted by Gasteiger charge is 2.14. The Labute approximate surface area is 120 Å². The van der Waals surface area contributed by atoms with Crippen LogP contribution in [0.1, 0.15) is 26.3 Å². The minimum atomic E-state index is -0.362. The van der Waals surface area contributed by atoms with E-state index in [0.29, 0.717) is 11.3 Å². The Balaban J connectivity index is 2.20. The average Bonchev–Trinajstić information content (AvgIpc) is 2.86. The molecule has 6 heteroatoms. The number of carbonyl (C=O) groups is 2. The van der Waals surface area contributed by atoms with Gasteiger partial charge in [-0.3, -0.25) is 9.59 Å². The number of nitrogens with one attached hydrogen (secondary N) is 2. The first-order chi connectivity index (χ1) is 9.52. The Hall–Kier alpha value is -2.27. The van der Waals surface area contributed by atoms with Crippen molar-refractivity contribution in [2.45, 2.75) is 6.92 Å². The van der Waals surface area contributed by atoms with Crippen molar-refractivity contribution in [1.82, 2.24) is 5.32 Å². The minimum absolute atomic E-state index is 0.0436. The minimum Gasteiger partial charge on any atom is -0.452 e. The molecule has 0 unspecified atom stereocenters. The molecular weight excluding hydrogens is 280 g/mol. The number of aryl methyl sites for hydroxylation is 1. The lowest BCUT2D eigenvalue weighted by molar-refractivity contribution is 0.0962. The lowest BCUT2D eigenvalue weighted by Gasteiger charge is -2.09. The van der Waals surface area contributed by atoms with Crippen molar-refractivity contribution in [2.24, 2.45) is 0 Å². The summed E-state index contributed by atoms with van der Waals surface area (Å²) in [5, 5.41) is 5.31. The second-order valence-corrected chi connectivity index (χ2v) is 4.51. The standard InChI is InChI=1S/C14H13ClN2O3/c1-8-7-9(13(18)16-2)3-4-11(8)17-14(19)10-5-6-20-12(10)15/h3-7H,1-2H3,(H,16,18)(H,17,19). The molecule has 0 aliphatic heterocycles. The number of carbonyl (C=O) groups excluding carboxylic acids is 2. The van der Waals surface area contributed by atoms with Gasteiger partial charge in [-0.1, -0.05) is 0 Å². The Morgan fingerprint density at radius 3 is 2.50 bits per heavy atom. The van der Waals surface area contributed by atoms with Crippen LogP contribution in [0.4, 0.5) is 5.69 Å². The molecule has 2 amide bonds. The number of halogens is 1. The van der Waals surface area contributed by atoms with Gasteiger partial charge in [0, 0.05) is 18.3 Å². The van der Waals surface area contributed by atoms with Crippen molar-refractivity contribution in [2.75, 3.05) is 12.4 Å². The fourth-order valence-corrected chi connectivity index (χ4v) is 1.94. The summed E-state index contributed by atoms with van der Waals surface area (Å²) >= 11 is 5.75. The van der Waals surface area contributed by atoms with Crippen LogP contribution in [0.5, 0.6) is 0 Å². The van der Waals surface area contributed by atoms with Gasteiger partial charge >= 0.3 is 0 Å². The summed E-state index contributed by atoms with van der Waals surface area (Å²) in [6.45, 7) is 1.80. The lowest BCUT2D eigenvalue weighted by Crippen LogP contribution is -2.18. The Morgan fingerprint density at radius 2 is 1.95 bits per heavy atom. The highest BCUT2D eigenvalue weighted by Crippen LogP contribution is 2.21. The molecule has 0 saturated heterocycles. The molecule has 0 aliphatic rings. The highest BCUT2D eigenvalue weighted by atomic mass is 35.5. The molecule has 0 fully saturated rings. The van der Waals surface area contributed by atoms with Crippen molar-refractivity contribution in [3.05, 3.63) is 52.4 Å². The van der Waals surface area contributed by atoms with E-state index >= 15 is 0 Å². The third-order valence-electron chi connectivity index (χ3n) is 2.83. The Bertz CT molecular complexity index is 664. The van der Waals surface area contributed by atoms with Crippen LogP contribution in [0.25, 0.3) is 0 Å². The summed E-state index contributed by atoms with van der Waals surface area (Å²) in [6, 6.07) is 6.50. The molecule has 0 spiro atoms. The zero-order valence-electron chi connectivity index (χ0n) is 11.0. The molecule has 2 aromatic rings. The van der Waals surface area contributed by atoms with E-state index in [0.717, 1.165) is 5.56 Å². The van der Waals surface area contributed by atoms with Crippen molar-refractivity contribution < 1.29 is 14.0 Å². The fraction of sp³-hybridized carbons (Fsp3) is 0.143. The third kappa shape index (κ3) is 2.83. The van der Waals surface area contributed by atoms with Gasteiger partial charge in [-0.25, -0.2) is 0 Å². The van der Waals surface area contributed by atoms with Crippen LogP contribution in [0.3, 0.4) is 0 Å². The van der Waals surface area contributed by atoms with E-state index in [1.807, 2.05) is 0 Å². The second-order valence-electron chi connectivity index (χ2n) is 4.17. The molecule has 5 nitrogen and oxygen atoms in total. The van der Waals surface area contributed by atoms with E-state index in [1.165, 1.54) is 12.3 Å². The summed E-state index contributed by atoms with van der Waals surface area (Å²) in [6.07, 6.45) is 1.35. The molecule has 0 saturated carbocycles. The van der Waals surface area contributed by atoms with Crippen LogP contribution < -0.4 is 10.6 Å². The maximum Gasteiger partial charge on any atom is 0.260 e. The van der Waals surface area contributed by atoms with Gasteiger partial charge in [0.1, 0.15) is 0 Å². The fourth-order valence-electron chi connectivity index (χ4n) is 1.73. The second kappa shape index (κ2) is 5.79. The number of hydrogen-bond acceptors (Lipinski definition) is 3. The summed E-state index contributed by atoms with van der Waals surface area (Å²) in [5.74, 6) is -0.539. The number of furan rings is 1. The molecule has 20 heavy (non-hydrogen) atoms. The van der Waals surface area contributed by atoms with Gasteiger partial charge in [0.25, 0.3) is 11.8 Å². The Morgan fingerprint density at radius 1 is 1.20 bits per heavy atom. The smallest absolute Gasteiger partial charge is 0.260 e. The normalized spacial score (nSPS) is 10.2. The van der Waals surface area contributed by atoms with Crippen molar-refractivity contribution in [1.29, 1.82) is 0 Å². The number of hydrogen-bond donors (Lipinski definition) is 2. The summed E-state index contributed by atoms with van der Waals surface area (Å²) in [5.41, 5.74) is 2.18. The number of rotatable bonds is 3. The summed E-state index contributed by atoms with van der Waals surface area (Å²) in [4.78, 5) is 23.5. The van der Waals surface area contributed by atoms with Crippen LogP contribution in [-0.2, 0) is 0 Å². The van der Waals surface area contributed by atoms with E-state index in [2.05, 4.69) is 10.6 Å². The van der Waals surface area contributed by atoms with Crippen molar-refractivity contribution in [3.8, 4) is 0 Å². The van der Waals surface area contributed by atoms with Crippen LogP contribution in [0.2, 0.25) is 5.22 Å². The average molecular weight is 293 g/mol. The SMILES string of the molecule is CNC(=O)c1ccc(NC(=O)c2ccoc2Cl)c(C)c1. The maximum absolute atomic E-state index is 12.0. The molecule has 2 rings (SSSR count). The molecule has 1 heterocycles. The maximum atomic E-state index is 12.0. The van der Waals surface area contributed by atoms with Crippen LogP contribution in [-0.4, -0.2) is 18.9 Å². The number of benzene rings is 1. The molecule has 1 aromatic heterocycles. The topological polar surface area (TPSA) is 71.3 Å². The molecule has 0 atom stereocenters. The predicted octanol–water partition coefficient (Wildman–Crippen LogP) is 2.85. The van der Waals surface area contributed by atoms with E-state index in [-0.39, 0.29) is 22.6 Å². The first-order valence-electron chi connectivity index (χ1n) is 5.90. The monoisotopic (exact) mass is 292 g/mol. The molecule has 0 aliphatic carbocycles. The van der Waals surface area contributed by atoms with Gasteiger partial charge in [-0.15, -0.1) is 0 Å². The van der Waals surface area contributed by atoms with Gasteiger partial charge in [0.05, 0.1) is 11.8 Å². The summed E-state index contributed by atoms with van der Waals surface area (Å²) < 4.78 is 4.87. The van der Waals surface area contributed by atoms with Gasteiger partial charge in [-0.2, -0.15) is 0 Å². The van der Waals surface area contributed by atoms with E-state index in [1.54, 1.807) is 32.2 Å². The molecule has 2 N–H and O–H groups in total. The van der Waals surface area contributed by atoms with Crippen LogP contribution in [0.15, 0.2) is 34.9 Å². The van der Waals surface area contributed by atoms with Gasteiger partial charge < -0.3 is 15.1 Å². The van der Waals surface area contributed by atoms with Gasteiger partial charge in [0.2, 0.25) is 5.22 Å². The number of amides is 2. The molecular formula is C14H13ClN2O3. The third-order valence-corrected chi connectivity index (χ3v) is 3.12. The molecule has 104 valence electrons. The quantitative estimate of drug-likeness (QED) is 0.914. The van der Waals surface area contributed by atoms with Crippen LogP contribution >= 0.6 is 11.6 Å². The van der Waals surface area contributed by atoms with Gasteiger partial charge in [0.15, 0.2) is 0 Å². The van der Waals surface area contributed by atoms with Gasteiger partial charge in [-0.05, 0) is 48.4 Å². The molecule has 0 radical (unpaired) electrons. The van der Waals surface area contributed by atoms with Crippen molar-refractivity contribution in [3.63, 3.8) is 0 Å². The first kappa shape index (κ1) is 14.1. The first-order valence-corrected chi connectivity index (χ1v) is 6.28. The predicted molar refractivity (Wildman–Crippen MR) is 76.2 cm³/mol. The van der Waals surface area contributed by atoms with Crippen molar-refractivity contribution >= 4 is 29.1 Å². The molecule has 1 aromatic carbocycles. The summed E-state index contributed by atoms with van der Waals surface area (Å²) in [7, 11) is 1.56. The largest absolute Gasteiger partial charge is 0.452 e. The van der Waals surface area contributed by atoms with E-state index in [4.69, 9.17) is 16.0 Å². The highest BCUT2D eigenvalue weighted by molar-refractivity contribution is 6.32. The number of anilines is 1. The van der Waals surface area contributed by atoms with E-state index < -0.39 is 0 Å². The zero-order valence-corrected chi connectivity index (χ0v) is 11.7. The zero-order chi connectivity index (χ0) is 14.7. The molecule has 0 bridgehead atoms. The van der Waals surface area contributed by atoms with Crippen LogP contribution in [0, 0.1) is 6.92 Å².